The molecule has 17 heavy (non-hydrogen) atoms. The Kier molecular flexibility index (Phi) is 4.13. The Morgan fingerprint density at radius 1 is 1.29 bits per heavy atom. The standard InChI is InChI=1S/C14H19NOS/c1-10(17-3)9-15-11(2)14-8-12-6-4-5-7-13(12)16-14/h4-8,10-11,15H,9H2,1-3H3. The van der Waals surface area contributed by atoms with Gasteiger partial charge in [0, 0.05) is 17.2 Å². The Labute approximate surface area is 107 Å². The Bertz CT molecular complexity index is 447. The molecule has 0 radical (unpaired) electrons. The monoisotopic (exact) mass is 249 g/mol. The number of thioether (sulfide) groups is 1. The third-order valence-corrected chi connectivity index (χ3v) is 3.96. The molecule has 0 amide bonds. The van der Waals surface area contributed by atoms with E-state index in [1.54, 1.807) is 0 Å². The van der Waals surface area contributed by atoms with E-state index in [-0.39, 0.29) is 6.04 Å². The highest BCUT2D eigenvalue weighted by Crippen LogP contribution is 2.23. The summed E-state index contributed by atoms with van der Waals surface area (Å²) in [7, 11) is 0. The van der Waals surface area contributed by atoms with Gasteiger partial charge in [0.25, 0.3) is 0 Å². The molecule has 0 fully saturated rings. The third-order valence-electron chi connectivity index (χ3n) is 2.99. The van der Waals surface area contributed by atoms with Gasteiger partial charge in [-0.2, -0.15) is 11.8 Å². The average Bonchev–Trinajstić information content (AvgIpc) is 2.79. The van der Waals surface area contributed by atoms with Crippen LogP contribution in [0.3, 0.4) is 0 Å². The Hall–Kier alpha value is -0.930. The molecule has 2 rings (SSSR count). The SMILES string of the molecule is CSC(C)CNC(C)c1cc2ccccc2o1. The van der Waals surface area contributed by atoms with Crippen LogP contribution in [-0.2, 0) is 0 Å². The first kappa shape index (κ1) is 12.5. The van der Waals surface area contributed by atoms with Gasteiger partial charge in [-0.05, 0) is 25.3 Å². The largest absolute Gasteiger partial charge is 0.459 e. The summed E-state index contributed by atoms with van der Waals surface area (Å²) in [5.41, 5.74) is 0.967. The lowest BCUT2D eigenvalue weighted by Gasteiger charge is -2.14. The normalized spacial score (nSPS) is 15.0. The highest BCUT2D eigenvalue weighted by molar-refractivity contribution is 7.99. The van der Waals surface area contributed by atoms with Crippen LogP contribution in [0.25, 0.3) is 11.0 Å². The van der Waals surface area contributed by atoms with Gasteiger partial charge in [-0.3, -0.25) is 0 Å². The van der Waals surface area contributed by atoms with Gasteiger partial charge < -0.3 is 9.73 Å². The summed E-state index contributed by atoms with van der Waals surface area (Å²) in [6.07, 6.45) is 2.14. The van der Waals surface area contributed by atoms with Gasteiger partial charge in [0.05, 0.1) is 6.04 Å². The predicted octanol–water partition coefficient (Wildman–Crippen LogP) is 3.83. The first-order valence-corrected chi connectivity index (χ1v) is 7.24. The molecule has 92 valence electrons. The molecule has 1 heterocycles. The molecule has 1 aromatic heterocycles. The number of fused-ring (bicyclic) bond motifs is 1. The van der Waals surface area contributed by atoms with E-state index in [0.717, 1.165) is 17.9 Å². The summed E-state index contributed by atoms with van der Waals surface area (Å²) in [6.45, 7) is 5.37. The van der Waals surface area contributed by atoms with Crippen LogP contribution in [0.15, 0.2) is 34.7 Å². The van der Waals surface area contributed by atoms with Crippen molar-refractivity contribution in [2.75, 3.05) is 12.8 Å². The second-order valence-corrected chi connectivity index (χ2v) is 5.64. The van der Waals surface area contributed by atoms with Crippen molar-refractivity contribution in [3.8, 4) is 0 Å². The molecule has 0 bridgehead atoms. The lowest BCUT2D eigenvalue weighted by atomic mass is 10.2. The van der Waals surface area contributed by atoms with Crippen molar-refractivity contribution < 1.29 is 4.42 Å². The average molecular weight is 249 g/mol. The number of benzene rings is 1. The molecule has 0 spiro atoms. The van der Waals surface area contributed by atoms with Crippen LogP contribution in [0.4, 0.5) is 0 Å². The van der Waals surface area contributed by atoms with Crippen LogP contribution in [0, 0.1) is 0 Å². The van der Waals surface area contributed by atoms with Gasteiger partial charge in [0.1, 0.15) is 11.3 Å². The first-order valence-electron chi connectivity index (χ1n) is 5.95. The molecule has 0 saturated heterocycles. The van der Waals surface area contributed by atoms with Crippen LogP contribution < -0.4 is 5.32 Å². The summed E-state index contributed by atoms with van der Waals surface area (Å²) in [4.78, 5) is 0. The minimum atomic E-state index is 0.261. The maximum Gasteiger partial charge on any atom is 0.134 e. The van der Waals surface area contributed by atoms with E-state index in [2.05, 4.69) is 37.6 Å². The lowest BCUT2D eigenvalue weighted by molar-refractivity contribution is 0.453. The zero-order valence-corrected chi connectivity index (χ0v) is 11.4. The van der Waals surface area contributed by atoms with Crippen molar-refractivity contribution in [1.82, 2.24) is 5.32 Å². The fraction of sp³-hybridized carbons (Fsp3) is 0.429. The minimum absolute atomic E-state index is 0.261. The summed E-state index contributed by atoms with van der Waals surface area (Å²) < 4.78 is 5.83. The van der Waals surface area contributed by atoms with E-state index < -0.39 is 0 Å². The first-order chi connectivity index (χ1) is 8.20. The number of hydrogen-bond acceptors (Lipinski definition) is 3. The van der Waals surface area contributed by atoms with E-state index in [9.17, 15) is 0 Å². The molecule has 2 aromatic rings. The van der Waals surface area contributed by atoms with Gasteiger partial charge in [0.15, 0.2) is 0 Å². The van der Waals surface area contributed by atoms with Crippen molar-refractivity contribution in [2.24, 2.45) is 0 Å². The number of para-hydroxylation sites is 1. The molecule has 1 N–H and O–H groups in total. The van der Waals surface area contributed by atoms with Crippen LogP contribution in [-0.4, -0.2) is 18.1 Å². The van der Waals surface area contributed by atoms with Gasteiger partial charge in [-0.15, -0.1) is 0 Å². The fourth-order valence-corrected chi connectivity index (χ4v) is 2.01. The molecule has 3 heteroatoms. The summed E-state index contributed by atoms with van der Waals surface area (Å²) in [6, 6.07) is 10.5. The maximum absolute atomic E-state index is 5.83. The van der Waals surface area contributed by atoms with E-state index >= 15 is 0 Å². The Balaban J connectivity index is 2.06. The van der Waals surface area contributed by atoms with E-state index in [1.165, 1.54) is 5.39 Å². The highest BCUT2D eigenvalue weighted by Gasteiger charge is 2.11. The minimum Gasteiger partial charge on any atom is -0.459 e. The molecule has 0 aliphatic rings. The van der Waals surface area contributed by atoms with Crippen LogP contribution in [0.5, 0.6) is 0 Å². The zero-order valence-electron chi connectivity index (χ0n) is 10.6. The van der Waals surface area contributed by atoms with Gasteiger partial charge >= 0.3 is 0 Å². The van der Waals surface area contributed by atoms with E-state index in [4.69, 9.17) is 4.42 Å². The van der Waals surface area contributed by atoms with Crippen molar-refractivity contribution in [3.05, 3.63) is 36.1 Å². The second kappa shape index (κ2) is 5.61. The van der Waals surface area contributed by atoms with Crippen molar-refractivity contribution in [1.29, 1.82) is 0 Å². The molecular weight excluding hydrogens is 230 g/mol. The van der Waals surface area contributed by atoms with Crippen LogP contribution in [0.2, 0.25) is 0 Å². The molecule has 2 nitrogen and oxygen atoms in total. The number of hydrogen-bond donors (Lipinski definition) is 1. The molecule has 0 aliphatic heterocycles. The van der Waals surface area contributed by atoms with Crippen LogP contribution >= 0.6 is 11.8 Å². The van der Waals surface area contributed by atoms with Crippen molar-refractivity contribution >= 4 is 22.7 Å². The highest BCUT2D eigenvalue weighted by atomic mass is 32.2. The Morgan fingerprint density at radius 2 is 2.06 bits per heavy atom. The van der Waals surface area contributed by atoms with E-state index in [0.29, 0.717) is 5.25 Å². The summed E-state index contributed by atoms with van der Waals surface area (Å²) in [5, 5.41) is 5.30. The fourth-order valence-electron chi connectivity index (χ4n) is 1.74. The molecule has 0 saturated carbocycles. The van der Waals surface area contributed by atoms with Crippen molar-refractivity contribution in [3.63, 3.8) is 0 Å². The van der Waals surface area contributed by atoms with Crippen LogP contribution in [0.1, 0.15) is 25.6 Å². The number of rotatable bonds is 5. The third kappa shape index (κ3) is 3.05. The van der Waals surface area contributed by atoms with E-state index in [1.807, 2.05) is 30.0 Å². The smallest absolute Gasteiger partial charge is 0.134 e. The van der Waals surface area contributed by atoms with Gasteiger partial charge in [-0.1, -0.05) is 25.1 Å². The quantitative estimate of drug-likeness (QED) is 0.871. The number of furan rings is 1. The topological polar surface area (TPSA) is 25.2 Å². The molecule has 1 aromatic carbocycles. The molecule has 0 aliphatic carbocycles. The molecular formula is C14H19NOS. The summed E-state index contributed by atoms with van der Waals surface area (Å²) >= 11 is 1.87. The summed E-state index contributed by atoms with van der Waals surface area (Å²) in [5.74, 6) is 1.01. The maximum atomic E-state index is 5.83. The van der Waals surface area contributed by atoms with Gasteiger partial charge in [-0.25, -0.2) is 0 Å². The van der Waals surface area contributed by atoms with Crippen molar-refractivity contribution in [2.45, 2.75) is 25.1 Å². The molecule has 2 unspecified atom stereocenters. The van der Waals surface area contributed by atoms with Gasteiger partial charge in [0.2, 0.25) is 0 Å². The second-order valence-electron chi connectivity index (χ2n) is 4.36. The number of nitrogens with one attached hydrogen (secondary N) is 1. The predicted molar refractivity (Wildman–Crippen MR) is 75.6 cm³/mol. The Morgan fingerprint density at radius 3 is 2.76 bits per heavy atom. The zero-order chi connectivity index (χ0) is 12.3. The lowest BCUT2D eigenvalue weighted by Crippen LogP contribution is -2.25. The molecule has 2 atom stereocenters.